The van der Waals surface area contributed by atoms with Gasteiger partial charge in [-0.05, 0) is 32.3 Å². The standard InChI is InChI=1S/C20H26N4O4.C2H6.C2H2/c1-3-22-24-13-15-14(8-7-9-16(15)23-10-5-4-6-11-23)19(26)18(24)20(27)21-12-17(25)28-2;2*1-2/h3,7-9,26H,4-6,10-13H2,1-2H3,(H,21,27);1-2H3;1-2H/b22-3-;;. The number of fused-ring (bicyclic) bond motifs is 1. The molecule has 2 aliphatic heterocycles. The van der Waals surface area contributed by atoms with Gasteiger partial charge in [0.1, 0.15) is 6.54 Å². The molecule has 8 heteroatoms. The van der Waals surface area contributed by atoms with E-state index in [1.54, 1.807) is 19.2 Å². The van der Waals surface area contributed by atoms with E-state index in [-0.39, 0.29) is 18.0 Å². The molecule has 8 nitrogen and oxygen atoms in total. The number of aliphatic hydroxyl groups excluding tert-OH is 1. The monoisotopic (exact) mass is 442 g/mol. The van der Waals surface area contributed by atoms with Crippen LogP contribution in [0.1, 0.15) is 51.2 Å². The largest absolute Gasteiger partial charge is 0.505 e. The molecule has 2 aliphatic rings. The lowest BCUT2D eigenvalue weighted by atomic mass is 9.96. The molecule has 3 rings (SSSR count). The Bertz CT molecular complexity index is 855. The zero-order valence-corrected chi connectivity index (χ0v) is 19.4. The molecule has 2 N–H and O–H groups in total. The Morgan fingerprint density at radius 3 is 2.47 bits per heavy atom. The lowest BCUT2D eigenvalue weighted by Crippen LogP contribution is -2.39. The van der Waals surface area contributed by atoms with Crippen molar-refractivity contribution in [3.05, 3.63) is 35.0 Å². The minimum atomic E-state index is -0.581. The fourth-order valence-corrected chi connectivity index (χ4v) is 3.64. The molecule has 0 radical (unpaired) electrons. The third-order valence-corrected chi connectivity index (χ3v) is 4.98. The third-order valence-electron chi connectivity index (χ3n) is 4.98. The fraction of sp³-hybridized carbons (Fsp3) is 0.458. The minimum Gasteiger partial charge on any atom is -0.505 e. The van der Waals surface area contributed by atoms with Gasteiger partial charge in [0.05, 0.1) is 13.7 Å². The van der Waals surface area contributed by atoms with Crippen molar-refractivity contribution in [3.63, 3.8) is 0 Å². The van der Waals surface area contributed by atoms with Crippen molar-refractivity contribution in [1.82, 2.24) is 10.3 Å². The molecule has 2 heterocycles. The highest BCUT2D eigenvalue weighted by Crippen LogP contribution is 2.37. The average molecular weight is 443 g/mol. The van der Waals surface area contributed by atoms with Crippen molar-refractivity contribution < 1.29 is 19.4 Å². The number of piperidine rings is 1. The maximum absolute atomic E-state index is 12.6. The highest BCUT2D eigenvalue weighted by Gasteiger charge is 2.32. The number of rotatable bonds is 5. The first-order valence-corrected chi connectivity index (χ1v) is 10.8. The van der Waals surface area contributed by atoms with Crippen molar-refractivity contribution in [3.8, 4) is 12.8 Å². The first-order valence-electron chi connectivity index (χ1n) is 10.8. The molecule has 1 amide bonds. The summed E-state index contributed by atoms with van der Waals surface area (Å²) >= 11 is 0. The molecule has 1 fully saturated rings. The van der Waals surface area contributed by atoms with Crippen LogP contribution in [0.3, 0.4) is 0 Å². The number of anilines is 1. The van der Waals surface area contributed by atoms with Crippen molar-refractivity contribution in [2.45, 2.75) is 46.6 Å². The van der Waals surface area contributed by atoms with Crippen LogP contribution in [0.15, 0.2) is 29.0 Å². The Balaban J connectivity index is 0.00000121. The smallest absolute Gasteiger partial charge is 0.325 e. The van der Waals surface area contributed by atoms with Crippen LogP contribution < -0.4 is 10.2 Å². The zero-order valence-electron chi connectivity index (χ0n) is 19.4. The Kier molecular flexibility index (Phi) is 11.4. The highest BCUT2D eigenvalue weighted by atomic mass is 16.5. The number of hydrazone groups is 1. The summed E-state index contributed by atoms with van der Waals surface area (Å²) in [5.41, 5.74) is 2.64. The number of esters is 1. The van der Waals surface area contributed by atoms with Crippen molar-refractivity contribution in [1.29, 1.82) is 0 Å². The van der Waals surface area contributed by atoms with E-state index < -0.39 is 11.9 Å². The van der Waals surface area contributed by atoms with E-state index in [1.807, 2.05) is 26.0 Å². The first kappa shape index (κ1) is 26.6. The van der Waals surface area contributed by atoms with Gasteiger partial charge in [-0.15, -0.1) is 12.8 Å². The summed E-state index contributed by atoms with van der Waals surface area (Å²) in [4.78, 5) is 26.3. The molecule has 0 atom stereocenters. The molecule has 0 aliphatic carbocycles. The topological polar surface area (TPSA) is 94.5 Å². The fourth-order valence-electron chi connectivity index (χ4n) is 3.64. The number of nitrogens with one attached hydrogen (secondary N) is 1. The number of aliphatic hydroxyl groups is 1. The SMILES string of the molecule is C#C.C/C=N\N1Cc2c(cccc2N2CCCCC2)C(O)=C1C(=O)NCC(=O)OC.CC. The summed E-state index contributed by atoms with van der Waals surface area (Å²) in [5, 5.41) is 19.1. The summed E-state index contributed by atoms with van der Waals surface area (Å²) in [6.07, 6.45) is 13.1. The van der Waals surface area contributed by atoms with Gasteiger partial charge in [0.2, 0.25) is 0 Å². The van der Waals surface area contributed by atoms with Gasteiger partial charge in [0.15, 0.2) is 11.5 Å². The van der Waals surface area contributed by atoms with Gasteiger partial charge in [0.25, 0.3) is 5.91 Å². The van der Waals surface area contributed by atoms with Gasteiger partial charge in [-0.25, -0.2) is 0 Å². The average Bonchev–Trinajstić information content (AvgIpc) is 2.85. The van der Waals surface area contributed by atoms with Crippen molar-refractivity contribution >= 4 is 29.5 Å². The number of carbonyl (C=O) groups excluding carboxylic acids is 2. The molecule has 0 bridgehead atoms. The lowest BCUT2D eigenvalue weighted by Gasteiger charge is -2.35. The van der Waals surface area contributed by atoms with E-state index in [0.717, 1.165) is 37.2 Å². The van der Waals surface area contributed by atoms with E-state index in [9.17, 15) is 14.7 Å². The van der Waals surface area contributed by atoms with Crippen LogP contribution in [0.2, 0.25) is 0 Å². The molecule has 174 valence electrons. The summed E-state index contributed by atoms with van der Waals surface area (Å²) in [6, 6.07) is 5.74. The van der Waals surface area contributed by atoms with Gasteiger partial charge in [-0.2, -0.15) is 5.10 Å². The number of amides is 1. The number of ether oxygens (including phenoxy) is 1. The van der Waals surface area contributed by atoms with Gasteiger partial charge in [-0.1, -0.05) is 26.0 Å². The van der Waals surface area contributed by atoms with Crippen LogP contribution in [0.4, 0.5) is 5.69 Å². The predicted octanol–water partition coefficient (Wildman–Crippen LogP) is 3.29. The molecular formula is C24H34N4O4. The second kappa shape index (κ2) is 13.8. The van der Waals surface area contributed by atoms with Gasteiger partial charge >= 0.3 is 5.97 Å². The van der Waals surface area contributed by atoms with Crippen LogP contribution >= 0.6 is 0 Å². The van der Waals surface area contributed by atoms with Crippen LogP contribution in [-0.2, 0) is 20.9 Å². The number of hydrogen-bond donors (Lipinski definition) is 2. The normalized spacial score (nSPS) is 15.1. The minimum absolute atomic E-state index is 0.0188. The lowest BCUT2D eigenvalue weighted by molar-refractivity contribution is -0.140. The Hall–Kier alpha value is -3.47. The predicted molar refractivity (Wildman–Crippen MR) is 128 cm³/mol. The van der Waals surface area contributed by atoms with Crippen LogP contribution in [-0.4, -0.2) is 55.0 Å². The molecule has 0 unspecified atom stereocenters. The number of benzene rings is 1. The summed E-state index contributed by atoms with van der Waals surface area (Å²) in [6.45, 7) is 7.77. The van der Waals surface area contributed by atoms with E-state index in [4.69, 9.17) is 0 Å². The summed E-state index contributed by atoms with van der Waals surface area (Å²) < 4.78 is 4.55. The Morgan fingerprint density at radius 1 is 1.22 bits per heavy atom. The second-order valence-electron chi connectivity index (χ2n) is 6.74. The third kappa shape index (κ3) is 6.27. The molecule has 1 aromatic carbocycles. The molecule has 0 saturated carbocycles. The van der Waals surface area contributed by atoms with Crippen LogP contribution in [0.5, 0.6) is 0 Å². The second-order valence-corrected chi connectivity index (χ2v) is 6.74. The number of hydrogen-bond acceptors (Lipinski definition) is 7. The molecule has 1 aromatic rings. The Morgan fingerprint density at radius 2 is 1.88 bits per heavy atom. The maximum atomic E-state index is 12.6. The zero-order chi connectivity index (χ0) is 24.1. The quantitative estimate of drug-likeness (QED) is 0.413. The molecular weight excluding hydrogens is 408 g/mol. The van der Waals surface area contributed by atoms with Gasteiger partial charge in [0, 0.05) is 36.1 Å². The van der Waals surface area contributed by atoms with Gasteiger partial charge in [-0.3, -0.25) is 14.6 Å². The van der Waals surface area contributed by atoms with E-state index >= 15 is 0 Å². The van der Waals surface area contributed by atoms with Crippen molar-refractivity contribution in [2.24, 2.45) is 5.10 Å². The van der Waals surface area contributed by atoms with Crippen molar-refractivity contribution in [2.75, 3.05) is 31.6 Å². The van der Waals surface area contributed by atoms with Crippen LogP contribution in [0.25, 0.3) is 5.76 Å². The van der Waals surface area contributed by atoms with E-state index in [2.05, 4.69) is 32.9 Å². The van der Waals surface area contributed by atoms with E-state index in [1.165, 1.54) is 18.5 Å². The number of carbonyl (C=O) groups is 2. The summed E-state index contributed by atoms with van der Waals surface area (Å²) in [7, 11) is 1.25. The van der Waals surface area contributed by atoms with Crippen LogP contribution in [0, 0.1) is 12.8 Å². The number of methoxy groups -OCH3 is 1. The molecule has 1 saturated heterocycles. The van der Waals surface area contributed by atoms with Gasteiger partial charge < -0.3 is 20.1 Å². The first-order chi connectivity index (χ1) is 15.6. The molecule has 32 heavy (non-hydrogen) atoms. The molecule has 0 spiro atoms. The number of terminal acetylenes is 1. The Labute approximate surface area is 190 Å². The highest BCUT2D eigenvalue weighted by molar-refractivity contribution is 6.01. The number of nitrogens with zero attached hydrogens (tertiary/aromatic N) is 3. The summed E-state index contributed by atoms with van der Waals surface area (Å²) in [5.74, 6) is -1.29. The molecule has 0 aromatic heterocycles. The van der Waals surface area contributed by atoms with E-state index in [0.29, 0.717) is 12.1 Å². The maximum Gasteiger partial charge on any atom is 0.325 e.